The molecule has 0 saturated heterocycles. The third kappa shape index (κ3) is 6.01. The Hall–Kier alpha value is -3.47. The molecule has 0 heterocycles. The average Bonchev–Trinajstić information content (AvgIpc) is 2.64. The van der Waals surface area contributed by atoms with Crippen LogP contribution in [0.5, 0.6) is 0 Å². The average molecular weight is 451 g/mol. The number of benzene rings is 2. The fraction of sp³-hybridized carbons (Fsp3) is 0.250. The lowest BCUT2D eigenvalue weighted by Crippen LogP contribution is -2.45. The van der Waals surface area contributed by atoms with Crippen LogP contribution in [0, 0.1) is 18.7 Å². The van der Waals surface area contributed by atoms with E-state index >= 15 is 0 Å². The molecule has 11 heteroatoms. The van der Waals surface area contributed by atoms with Gasteiger partial charge >= 0.3 is 12.0 Å². The molecule has 1 unspecified atom stereocenters. The highest BCUT2D eigenvalue weighted by atomic mass is 32.2. The van der Waals surface area contributed by atoms with E-state index < -0.39 is 45.8 Å². The highest BCUT2D eigenvalue weighted by Gasteiger charge is 2.29. The molecule has 2 aromatic carbocycles. The number of para-hydroxylation sites is 1. The second kappa shape index (κ2) is 9.56. The minimum atomic E-state index is -4.16. The van der Waals surface area contributed by atoms with E-state index in [4.69, 9.17) is 10.5 Å². The van der Waals surface area contributed by atoms with Crippen molar-refractivity contribution in [3.05, 3.63) is 59.4 Å². The zero-order valence-corrected chi connectivity index (χ0v) is 17.8. The van der Waals surface area contributed by atoms with Crippen LogP contribution in [0.15, 0.2) is 47.4 Å². The molecule has 0 aromatic heterocycles. The molecule has 0 saturated carbocycles. The van der Waals surface area contributed by atoms with Crippen molar-refractivity contribution in [3.63, 3.8) is 0 Å². The van der Waals surface area contributed by atoms with Gasteiger partial charge in [-0.15, -0.1) is 0 Å². The van der Waals surface area contributed by atoms with Crippen LogP contribution in [-0.4, -0.2) is 32.4 Å². The van der Waals surface area contributed by atoms with E-state index in [0.29, 0.717) is 0 Å². The lowest BCUT2D eigenvalue weighted by atomic mass is 10.1. The molecule has 0 radical (unpaired) electrons. The topological polar surface area (TPSA) is 145 Å². The maximum atomic E-state index is 13.3. The summed E-state index contributed by atoms with van der Waals surface area (Å²) in [6.07, 6.45) is -1.34. The summed E-state index contributed by atoms with van der Waals surface area (Å²) in [5.41, 5.74) is 4.84. The van der Waals surface area contributed by atoms with Gasteiger partial charge in [-0.25, -0.2) is 22.4 Å². The number of aryl methyl sites for hydroxylation is 1. The molecule has 166 valence electrons. The van der Waals surface area contributed by atoms with Crippen molar-refractivity contribution >= 4 is 33.6 Å². The molecule has 0 fully saturated rings. The third-order valence-electron chi connectivity index (χ3n) is 4.16. The number of halogens is 1. The zero-order chi connectivity index (χ0) is 23.3. The van der Waals surface area contributed by atoms with Crippen LogP contribution in [0.1, 0.15) is 29.8 Å². The number of anilines is 1. The molecular weight excluding hydrogens is 429 g/mol. The fourth-order valence-corrected chi connectivity index (χ4v) is 4.04. The molecule has 9 nitrogen and oxygen atoms in total. The Balaban J connectivity index is 2.33. The number of nitrogens with one attached hydrogen (secondary N) is 2. The second-order valence-electron chi connectivity index (χ2n) is 6.98. The van der Waals surface area contributed by atoms with Gasteiger partial charge in [0.15, 0.2) is 6.10 Å². The van der Waals surface area contributed by atoms with Crippen molar-refractivity contribution in [2.45, 2.75) is 31.8 Å². The number of hydrogen-bond donors (Lipinski definition) is 3. The molecule has 4 N–H and O–H groups in total. The molecule has 2 rings (SSSR count). The van der Waals surface area contributed by atoms with Gasteiger partial charge in [-0.2, -0.15) is 0 Å². The van der Waals surface area contributed by atoms with Crippen LogP contribution in [0.3, 0.4) is 0 Å². The lowest BCUT2D eigenvalue weighted by Gasteiger charge is -2.21. The van der Waals surface area contributed by atoms with E-state index in [-0.39, 0.29) is 21.7 Å². The quantitative estimate of drug-likeness (QED) is 0.551. The largest absolute Gasteiger partial charge is 0.448 e. The summed E-state index contributed by atoms with van der Waals surface area (Å²) < 4.78 is 46.4. The van der Waals surface area contributed by atoms with Gasteiger partial charge in [-0.1, -0.05) is 26.0 Å². The highest BCUT2D eigenvalue weighted by Crippen LogP contribution is 2.24. The first-order chi connectivity index (χ1) is 14.4. The number of esters is 1. The minimum absolute atomic E-state index is 0.103. The Morgan fingerprint density at radius 3 is 2.32 bits per heavy atom. The van der Waals surface area contributed by atoms with Crippen molar-refractivity contribution in [1.82, 2.24) is 5.32 Å². The third-order valence-corrected chi connectivity index (χ3v) is 5.69. The van der Waals surface area contributed by atoms with Crippen molar-refractivity contribution in [1.29, 1.82) is 0 Å². The fourth-order valence-electron chi connectivity index (χ4n) is 2.73. The van der Waals surface area contributed by atoms with E-state index in [2.05, 4.69) is 4.72 Å². The summed E-state index contributed by atoms with van der Waals surface area (Å²) in [5, 5.41) is 1.85. The van der Waals surface area contributed by atoms with Gasteiger partial charge in [0.25, 0.3) is 15.9 Å². The number of imide groups is 1. The Bertz CT molecular complexity index is 1120. The van der Waals surface area contributed by atoms with Crippen LogP contribution in [-0.2, 0) is 19.6 Å². The molecule has 1 atom stereocenters. The Morgan fingerprint density at radius 2 is 1.74 bits per heavy atom. The van der Waals surface area contributed by atoms with E-state index in [1.165, 1.54) is 31.2 Å². The Labute approximate surface area is 178 Å². The van der Waals surface area contributed by atoms with Crippen LogP contribution < -0.4 is 15.8 Å². The van der Waals surface area contributed by atoms with Crippen LogP contribution in [0.4, 0.5) is 14.9 Å². The molecule has 0 aliphatic rings. The smallest absolute Gasteiger partial charge is 0.341 e. The maximum absolute atomic E-state index is 13.3. The van der Waals surface area contributed by atoms with Gasteiger partial charge in [0, 0.05) is 0 Å². The van der Waals surface area contributed by atoms with Gasteiger partial charge in [-0.05, 0) is 48.7 Å². The van der Waals surface area contributed by atoms with Crippen LogP contribution >= 0.6 is 0 Å². The van der Waals surface area contributed by atoms with Crippen LogP contribution in [0.2, 0.25) is 0 Å². The predicted octanol–water partition coefficient (Wildman–Crippen LogP) is 2.31. The monoisotopic (exact) mass is 451 g/mol. The molecular formula is C20H22FN3O6S. The molecule has 0 aliphatic carbocycles. The summed E-state index contributed by atoms with van der Waals surface area (Å²) in [5.74, 6) is -2.99. The van der Waals surface area contributed by atoms with Crippen molar-refractivity contribution in [3.8, 4) is 0 Å². The van der Waals surface area contributed by atoms with Gasteiger partial charge < -0.3 is 10.5 Å². The van der Waals surface area contributed by atoms with Gasteiger partial charge in [0.05, 0.1) is 16.1 Å². The van der Waals surface area contributed by atoms with Crippen molar-refractivity contribution in [2.75, 3.05) is 4.72 Å². The summed E-state index contributed by atoms with van der Waals surface area (Å²) in [4.78, 5) is 35.6. The van der Waals surface area contributed by atoms with E-state index in [0.717, 1.165) is 18.2 Å². The first-order valence-electron chi connectivity index (χ1n) is 9.11. The number of amides is 3. The Morgan fingerprint density at radius 1 is 1.10 bits per heavy atom. The zero-order valence-electron chi connectivity index (χ0n) is 17.0. The molecule has 3 amide bonds. The summed E-state index contributed by atoms with van der Waals surface area (Å²) >= 11 is 0. The second-order valence-corrected chi connectivity index (χ2v) is 8.64. The number of hydrogen-bond acceptors (Lipinski definition) is 6. The number of carbonyl (C=O) groups is 3. The number of nitrogens with two attached hydrogens (primary N) is 1. The SMILES string of the molecule is Cc1cc(F)ccc1S(=O)(=O)Nc1ccccc1C(=O)OC(C(=O)NC(N)=O)C(C)C. The molecule has 31 heavy (non-hydrogen) atoms. The van der Waals surface area contributed by atoms with Crippen LogP contribution in [0.25, 0.3) is 0 Å². The Kier molecular flexibility index (Phi) is 7.34. The number of sulfonamides is 1. The van der Waals surface area contributed by atoms with Crippen molar-refractivity contribution in [2.24, 2.45) is 11.7 Å². The number of carbonyl (C=O) groups excluding carboxylic acids is 3. The lowest BCUT2D eigenvalue weighted by molar-refractivity contribution is -0.130. The summed E-state index contributed by atoms with van der Waals surface area (Å²) in [7, 11) is -4.16. The number of ether oxygens (including phenoxy) is 1. The molecule has 0 bridgehead atoms. The minimum Gasteiger partial charge on any atom is -0.448 e. The predicted molar refractivity (Wildman–Crippen MR) is 110 cm³/mol. The molecule has 2 aromatic rings. The number of urea groups is 1. The van der Waals surface area contributed by atoms with Gasteiger partial charge in [-0.3, -0.25) is 14.8 Å². The van der Waals surface area contributed by atoms with E-state index in [9.17, 15) is 27.2 Å². The summed E-state index contributed by atoms with van der Waals surface area (Å²) in [6, 6.07) is 7.69. The van der Waals surface area contributed by atoms with E-state index in [1.807, 2.05) is 5.32 Å². The highest BCUT2D eigenvalue weighted by molar-refractivity contribution is 7.92. The van der Waals surface area contributed by atoms with Gasteiger partial charge in [0.2, 0.25) is 0 Å². The van der Waals surface area contributed by atoms with Crippen molar-refractivity contribution < 1.29 is 31.9 Å². The standard InChI is InChI=1S/C20H22FN3O6S/c1-11(2)17(18(25)23-20(22)27)30-19(26)14-6-4-5-7-15(14)24-31(28,29)16-9-8-13(21)10-12(16)3/h4-11,17,24H,1-3H3,(H3,22,23,25,27). The maximum Gasteiger partial charge on any atom is 0.341 e. The van der Waals surface area contributed by atoms with E-state index in [1.54, 1.807) is 13.8 Å². The number of primary amides is 1. The van der Waals surface area contributed by atoms with Gasteiger partial charge in [0.1, 0.15) is 5.82 Å². The first-order valence-corrected chi connectivity index (χ1v) is 10.6. The normalized spacial score (nSPS) is 12.2. The summed E-state index contributed by atoms with van der Waals surface area (Å²) in [6.45, 7) is 4.61. The molecule has 0 spiro atoms. The molecule has 0 aliphatic heterocycles. The first kappa shape index (κ1) is 23.8. The number of rotatable bonds is 7.